The smallest absolute Gasteiger partial charge is 0.156 e. The van der Waals surface area contributed by atoms with E-state index in [-0.39, 0.29) is 5.78 Å². The first-order valence-electron chi connectivity index (χ1n) is 5.39. The third-order valence-corrected chi connectivity index (χ3v) is 3.16. The molecule has 0 bridgehead atoms. The van der Waals surface area contributed by atoms with E-state index >= 15 is 0 Å². The fraction of sp³-hybridized carbons (Fsp3) is 0.357. The van der Waals surface area contributed by atoms with Gasteiger partial charge in [0.2, 0.25) is 0 Å². The van der Waals surface area contributed by atoms with E-state index in [1.54, 1.807) is 6.08 Å². The van der Waals surface area contributed by atoms with Crippen LogP contribution in [0.4, 0.5) is 0 Å². The molecule has 0 saturated carbocycles. The molecule has 1 heteroatoms. The summed E-state index contributed by atoms with van der Waals surface area (Å²) in [5.74, 6) is 0.266. The quantitative estimate of drug-likeness (QED) is 0.679. The number of hydrogen-bond donors (Lipinski definition) is 0. The third kappa shape index (κ3) is 1.87. The number of aryl methyl sites for hydroxylation is 3. The van der Waals surface area contributed by atoms with Crippen molar-refractivity contribution in [3.8, 4) is 0 Å². The van der Waals surface area contributed by atoms with E-state index in [2.05, 4.69) is 32.9 Å². The molecule has 0 unspecified atom stereocenters. The van der Waals surface area contributed by atoms with Crippen LogP contribution in [0.3, 0.4) is 0 Å². The first kappa shape index (κ1) is 10.2. The van der Waals surface area contributed by atoms with Crippen molar-refractivity contribution in [2.45, 2.75) is 33.6 Å². The Kier molecular flexibility index (Phi) is 2.47. The Morgan fingerprint density at radius 1 is 0.933 bits per heavy atom. The molecule has 15 heavy (non-hydrogen) atoms. The van der Waals surface area contributed by atoms with Gasteiger partial charge in [0.15, 0.2) is 5.78 Å². The molecule has 1 nitrogen and oxygen atoms in total. The summed E-state index contributed by atoms with van der Waals surface area (Å²) in [5.41, 5.74) is 6.36. The highest BCUT2D eigenvalue weighted by Crippen LogP contribution is 2.29. The van der Waals surface area contributed by atoms with Crippen LogP contribution in [0.15, 0.2) is 18.2 Å². The molecule has 1 aliphatic carbocycles. The second-order valence-electron chi connectivity index (χ2n) is 4.39. The lowest BCUT2D eigenvalue weighted by Gasteiger charge is -2.10. The molecule has 0 heterocycles. The van der Waals surface area contributed by atoms with Crippen LogP contribution in [0.1, 0.15) is 35.1 Å². The average Bonchev–Trinajstić information content (AvgIpc) is 2.58. The fourth-order valence-electron chi connectivity index (χ4n) is 2.12. The van der Waals surface area contributed by atoms with Crippen LogP contribution in [0.25, 0.3) is 5.57 Å². The van der Waals surface area contributed by atoms with Crippen LogP contribution in [0.2, 0.25) is 0 Å². The van der Waals surface area contributed by atoms with Gasteiger partial charge in [0, 0.05) is 6.42 Å². The molecule has 0 spiro atoms. The maximum atomic E-state index is 11.2. The maximum Gasteiger partial charge on any atom is 0.156 e. The molecule has 1 aliphatic rings. The van der Waals surface area contributed by atoms with Crippen molar-refractivity contribution in [2.24, 2.45) is 0 Å². The zero-order valence-corrected chi connectivity index (χ0v) is 9.55. The van der Waals surface area contributed by atoms with Gasteiger partial charge in [-0.25, -0.2) is 0 Å². The Bertz CT molecular complexity index is 453. The van der Waals surface area contributed by atoms with Crippen molar-refractivity contribution >= 4 is 11.4 Å². The van der Waals surface area contributed by atoms with Crippen LogP contribution in [-0.4, -0.2) is 5.78 Å². The molecule has 0 saturated heterocycles. The third-order valence-electron chi connectivity index (χ3n) is 3.16. The van der Waals surface area contributed by atoms with Gasteiger partial charge in [-0.15, -0.1) is 0 Å². The van der Waals surface area contributed by atoms with Crippen LogP contribution < -0.4 is 0 Å². The topological polar surface area (TPSA) is 17.1 Å². The summed E-state index contributed by atoms with van der Waals surface area (Å²) >= 11 is 0. The minimum atomic E-state index is 0.266. The Hall–Kier alpha value is -1.37. The van der Waals surface area contributed by atoms with E-state index < -0.39 is 0 Å². The second kappa shape index (κ2) is 3.65. The largest absolute Gasteiger partial charge is 0.295 e. The van der Waals surface area contributed by atoms with Crippen LogP contribution in [-0.2, 0) is 4.79 Å². The molecule has 1 aromatic rings. The molecule has 0 amide bonds. The summed E-state index contributed by atoms with van der Waals surface area (Å²) in [6.07, 6.45) is 3.39. The monoisotopic (exact) mass is 200 g/mol. The summed E-state index contributed by atoms with van der Waals surface area (Å²) in [6.45, 7) is 6.36. The Balaban J connectivity index is 2.49. The summed E-state index contributed by atoms with van der Waals surface area (Å²) < 4.78 is 0. The van der Waals surface area contributed by atoms with Gasteiger partial charge in [0.05, 0.1) is 0 Å². The van der Waals surface area contributed by atoms with E-state index in [1.165, 1.54) is 27.8 Å². The fourth-order valence-corrected chi connectivity index (χ4v) is 2.12. The number of rotatable bonds is 1. The first-order chi connectivity index (χ1) is 7.08. The minimum absolute atomic E-state index is 0.266. The van der Waals surface area contributed by atoms with Crippen LogP contribution in [0, 0.1) is 20.8 Å². The van der Waals surface area contributed by atoms with Crippen molar-refractivity contribution in [2.75, 3.05) is 0 Å². The van der Waals surface area contributed by atoms with Crippen molar-refractivity contribution in [1.82, 2.24) is 0 Å². The number of allylic oxidation sites excluding steroid dienone is 2. The standard InChI is InChI=1S/C14H16O/c1-9-6-11(3)14(7-10(9)2)12-4-5-13(15)8-12/h6-8H,4-5H2,1-3H3. The average molecular weight is 200 g/mol. The van der Waals surface area contributed by atoms with Gasteiger partial charge in [0.1, 0.15) is 0 Å². The highest BCUT2D eigenvalue weighted by Gasteiger charge is 2.15. The second-order valence-corrected chi connectivity index (χ2v) is 4.39. The lowest BCUT2D eigenvalue weighted by molar-refractivity contribution is -0.114. The van der Waals surface area contributed by atoms with Gasteiger partial charge >= 0.3 is 0 Å². The van der Waals surface area contributed by atoms with E-state index in [0.29, 0.717) is 6.42 Å². The predicted octanol–water partition coefficient (Wildman–Crippen LogP) is 3.36. The number of carbonyl (C=O) groups excluding carboxylic acids is 1. The summed E-state index contributed by atoms with van der Waals surface area (Å²) in [7, 11) is 0. The van der Waals surface area contributed by atoms with Gasteiger partial charge in [0.25, 0.3) is 0 Å². The zero-order chi connectivity index (χ0) is 11.0. The van der Waals surface area contributed by atoms with Crippen LogP contribution >= 0.6 is 0 Å². The maximum absolute atomic E-state index is 11.2. The van der Waals surface area contributed by atoms with Gasteiger partial charge in [-0.3, -0.25) is 4.79 Å². The minimum Gasteiger partial charge on any atom is -0.295 e. The lowest BCUT2D eigenvalue weighted by atomic mass is 9.95. The highest BCUT2D eigenvalue weighted by atomic mass is 16.1. The number of hydrogen-bond acceptors (Lipinski definition) is 1. The molecule has 0 atom stereocenters. The van der Waals surface area contributed by atoms with Crippen molar-refractivity contribution < 1.29 is 4.79 Å². The molecule has 1 aromatic carbocycles. The Labute approximate surface area is 90.8 Å². The van der Waals surface area contributed by atoms with E-state index in [4.69, 9.17) is 0 Å². The van der Waals surface area contributed by atoms with Crippen molar-refractivity contribution in [3.05, 3.63) is 40.5 Å². The SMILES string of the molecule is Cc1cc(C)c(C2=CC(=O)CC2)cc1C. The summed E-state index contributed by atoms with van der Waals surface area (Å²) in [4.78, 5) is 11.2. The summed E-state index contributed by atoms with van der Waals surface area (Å²) in [6, 6.07) is 4.41. The Morgan fingerprint density at radius 2 is 1.60 bits per heavy atom. The molecule has 78 valence electrons. The van der Waals surface area contributed by atoms with Crippen molar-refractivity contribution in [1.29, 1.82) is 0 Å². The number of carbonyl (C=O) groups is 1. The zero-order valence-electron chi connectivity index (χ0n) is 9.55. The molecular weight excluding hydrogens is 184 g/mol. The van der Waals surface area contributed by atoms with Gasteiger partial charge in [-0.1, -0.05) is 12.1 Å². The molecular formula is C14H16O. The molecule has 0 N–H and O–H groups in total. The molecule has 0 fully saturated rings. The normalized spacial score (nSPS) is 15.7. The number of ketones is 1. The van der Waals surface area contributed by atoms with E-state index in [1.807, 2.05) is 0 Å². The first-order valence-corrected chi connectivity index (χ1v) is 5.39. The van der Waals surface area contributed by atoms with Crippen molar-refractivity contribution in [3.63, 3.8) is 0 Å². The molecule has 0 radical (unpaired) electrons. The molecule has 2 rings (SSSR count). The predicted molar refractivity (Wildman–Crippen MR) is 62.9 cm³/mol. The molecule has 0 aromatic heterocycles. The van der Waals surface area contributed by atoms with Gasteiger partial charge < -0.3 is 0 Å². The van der Waals surface area contributed by atoms with Gasteiger partial charge in [-0.05, 0) is 61.1 Å². The Morgan fingerprint density at radius 3 is 2.20 bits per heavy atom. The number of benzene rings is 1. The lowest BCUT2D eigenvalue weighted by Crippen LogP contribution is -1.91. The summed E-state index contributed by atoms with van der Waals surface area (Å²) in [5, 5.41) is 0. The van der Waals surface area contributed by atoms with Gasteiger partial charge in [-0.2, -0.15) is 0 Å². The molecule has 0 aliphatic heterocycles. The van der Waals surface area contributed by atoms with E-state index in [0.717, 1.165) is 6.42 Å². The highest BCUT2D eigenvalue weighted by molar-refractivity contribution is 6.01. The van der Waals surface area contributed by atoms with Crippen LogP contribution in [0.5, 0.6) is 0 Å². The van der Waals surface area contributed by atoms with E-state index in [9.17, 15) is 4.79 Å².